The Labute approximate surface area is 770 Å². The van der Waals surface area contributed by atoms with Crippen LogP contribution in [-0.4, -0.2) is 581 Å². The van der Waals surface area contributed by atoms with Crippen LogP contribution in [0.1, 0.15) is 41.5 Å². The van der Waals surface area contributed by atoms with Gasteiger partial charge in [-0.05, 0) is 6.92 Å². The number of aliphatic hydroxyl groups is 29. The number of rotatable bonds is 35. The second-order valence-corrected chi connectivity index (χ2v) is 34.5. The van der Waals surface area contributed by atoms with E-state index in [-0.39, 0.29) is 0 Å². The molecule has 60 heteroatoms. The molecule has 0 aliphatic carbocycles. The molecule has 11 rings (SSSR count). The van der Waals surface area contributed by atoms with Crippen LogP contribution in [0, 0.1) is 0 Å². The quantitative estimate of drug-likeness (QED) is 0.0280. The van der Waals surface area contributed by atoms with Crippen molar-refractivity contribution in [3.8, 4) is 0 Å². The van der Waals surface area contributed by atoms with Gasteiger partial charge in [0, 0.05) is 34.6 Å². The van der Waals surface area contributed by atoms with Gasteiger partial charge in [-0.3, -0.25) is 24.0 Å². The van der Waals surface area contributed by atoms with Crippen molar-refractivity contribution >= 4 is 29.5 Å². The Morgan fingerprint density at radius 3 is 0.831 bits per heavy atom. The highest BCUT2D eigenvalue weighted by Crippen LogP contribution is 2.42. The maximum absolute atomic E-state index is 13.5. The Hall–Kier alpha value is -4.65. The smallest absolute Gasteiger partial charge is 0.217 e. The van der Waals surface area contributed by atoms with Crippen LogP contribution in [0.2, 0.25) is 0 Å². The molecule has 5 amide bonds. The Morgan fingerprint density at radius 2 is 0.441 bits per heavy atom. The Balaban J connectivity index is 0.977. The van der Waals surface area contributed by atoms with Gasteiger partial charge in [0.05, 0.1) is 72.2 Å². The van der Waals surface area contributed by atoms with Crippen LogP contribution >= 0.6 is 0 Å². The van der Waals surface area contributed by atoms with E-state index in [0.717, 1.165) is 34.6 Å². The van der Waals surface area contributed by atoms with Crippen LogP contribution in [0.15, 0.2) is 0 Å². The maximum Gasteiger partial charge on any atom is 0.217 e. The van der Waals surface area contributed by atoms with Gasteiger partial charge in [0.1, 0.15) is 262 Å². The van der Waals surface area contributed by atoms with Crippen LogP contribution in [-0.2, 0) is 123 Å². The van der Waals surface area contributed by atoms with Crippen molar-refractivity contribution in [3.05, 3.63) is 0 Å². The molecule has 0 aromatic rings. The van der Waals surface area contributed by atoms with Gasteiger partial charge in [0.25, 0.3) is 0 Å². The topological polar surface area (TPSA) is 926 Å². The fraction of sp³-hybridized carbons (Fsp3) is 0.934. The van der Waals surface area contributed by atoms with E-state index in [1.165, 1.54) is 6.92 Å². The summed E-state index contributed by atoms with van der Waals surface area (Å²) in [5.74, 6) is -4.88. The molecule has 55 atom stereocenters. The van der Waals surface area contributed by atoms with Crippen molar-refractivity contribution in [1.82, 2.24) is 26.6 Å². The predicted molar refractivity (Wildman–Crippen MR) is 419 cm³/mol. The summed E-state index contributed by atoms with van der Waals surface area (Å²) in [7, 11) is 0. The third-order valence-corrected chi connectivity index (χ3v) is 24.9. The third-order valence-electron chi connectivity index (χ3n) is 24.9. The minimum absolute atomic E-state index is 0.875. The molecule has 11 heterocycles. The van der Waals surface area contributed by atoms with Gasteiger partial charge >= 0.3 is 0 Å². The number of nitrogens with one attached hydrogen (secondary N) is 5. The minimum Gasteiger partial charge on any atom is -0.394 e. The van der Waals surface area contributed by atoms with E-state index in [0.29, 0.717) is 0 Å². The van der Waals surface area contributed by atoms with E-state index < -0.39 is 433 Å². The highest BCUT2D eigenvalue weighted by Gasteiger charge is 2.63. The second-order valence-electron chi connectivity index (χ2n) is 34.5. The lowest BCUT2D eigenvalue weighted by Gasteiger charge is -2.52. The van der Waals surface area contributed by atoms with Crippen molar-refractivity contribution in [2.24, 2.45) is 0 Å². The largest absolute Gasteiger partial charge is 0.394 e. The fourth-order valence-electron chi connectivity index (χ4n) is 17.7. The summed E-state index contributed by atoms with van der Waals surface area (Å²) in [5.41, 5.74) is 0. The summed E-state index contributed by atoms with van der Waals surface area (Å²) >= 11 is 0. The van der Waals surface area contributed by atoms with E-state index >= 15 is 0 Å². The maximum atomic E-state index is 13.5. The summed E-state index contributed by atoms with van der Waals surface area (Å²) in [6.45, 7) is -5.73. The molecule has 0 aromatic heterocycles. The van der Waals surface area contributed by atoms with Crippen LogP contribution in [0.5, 0.6) is 0 Å². The van der Waals surface area contributed by atoms with Crippen LogP contribution in [0.4, 0.5) is 0 Å². The molecule has 1 unspecified atom stereocenters. The highest BCUT2D eigenvalue weighted by atomic mass is 16.8. The molecule has 11 aliphatic heterocycles. The van der Waals surface area contributed by atoms with Crippen molar-refractivity contribution in [2.75, 3.05) is 66.1 Å². The first-order valence-electron chi connectivity index (χ1n) is 43.5. The summed E-state index contributed by atoms with van der Waals surface area (Å²) in [6.07, 6.45) is -107. The summed E-state index contributed by atoms with van der Waals surface area (Å²) in [4.78, 5) is 65.3. The molecule has 0 bridgehead atoms. The van der Waals surface area contributed by atoms with Crippen molar-refractivity contribution < 1.29 is 272 Å². The van der Waals surface area contributed by atoms with Crippen molar-refractivity contribution in [2.45, 2.75) is 379 Å². The number of carbonyl (C=O) groups excluding carboxylic acids is 5. The molecule has 34 N–H and O–H groups in total. The number of hydrogen-bond donors (Lipinski definition) is 34. The molecule has 0 aromatic carbocycles. The summed E-state index contributed by atoms with van der Waals surface area (Å²) in [6, 6.07) is -9.89. The van der Waals surface area contributed by atoms with E-state index in [1.807, 2.05) is 0 Å². The van der Waals surface area contributed by atoms with E-state index in [4.69, 9.17) is 99.5 Å². The van der Waals surface area contributed by atoms with Gasteiger partial charge in [0.15, 0.2) is 69.2 Å². The molecule has 0 radical (unpaired) electrons. The zero-order valence-corrected chi connectivity index (χ0v) is 73.4. The number of aliphatic hydroxyl groups excluding tert-OH is 29. The van der Waals surface area contributed by atoms with E-state index in [2.05, 4.69) is 26.6 Å². The van der Waals surface area contributed by atoms with E-state index in [1.54, 1.807) is 0 Å². The number of hydrogen-bond acceptors (Lipinski definition) is 55. The summed E-state index contributed by atoms with van der Waals surface area (Å²) < 4.78 is 127. The first-order chi connectivity index (χ1) is 64.3. The standard InChI is InChI=1S/C76H127N5O55/c1-17-38(95)48(105)53(110)71(118-17)116-15-31-62(44(101)33(66(115)119-31)77-18(2)90)130-69-36(80-21(5)93)46(103)60(29(13-88)125-69)133-75-57(114)64(135-74-56(113)52(109)61(30(14-89)127-74)129-68-35(79-20(4)92)45(102)58(27(11-86)124-68)131-72-54(111)49(106)40(97)24(8-83)121-72)63(134-67-34(78-19(3)91)43(100)39(96)23(7-82)120-67)32(128-75)16-117-76-65(51(108)42(99)26(10-85)123-76)136-70-37(81-22(6)94)47(104)59(28(12-87)126-70)132-73-55(112)50(107)41(98)25(9-84)122-73/h17,23-76,82-89,95-115H,7-16H2,1-6H3,(H,77,90)(H,78,91)(H,79,92)(H,80,93)(H,81,94)/t17-,23+,24+,25+,26+,27+,28+,29+,30+,31+,32+,33+,34+,35+,36+,37+,38+,39+,40-,41-,42+,43+,44+,45+,46+,47+,48+,49-,50-,51-,52+,53-,54+,55+,56-,57-,58+,59+,60+,61+,62+,63+,64+,65-,66?,67-,68-,69-,70-,71+,72-,73-,74+,75-,76-/m0/s1. The summed E-state index contributed by atoms with van der Waals surface area (Å²) in [5, 5.41) is 339. The lowest BCUT2D eigenvalue weighted by Crippen LogP contribution is -2.71. The predicted octanol–water partition coefficient (Wildman–Crippen LogP) is -23.2. The van der Waals surface area contributed by atoms with Crippen LogP contribution in [0.25, 0.3) is 0 Å². The number of carbonyl (C=O) groups is 5. The molecule has 136 heavy (non-hydrogen) atoms. The number of ether oxygens (including phenoxy) is 21. The van der Waals surface area contributed by atoms with Crippen molar-refractivity contribution in [3.63, 3.8) is 0 Å². The van der Waals surface area contributed by atoms with Crippen LogP contribution in [0.3, 0.4) is 0 Å². The fourth-order valence-corrected chi connectivity index (χ4v) is 17.7. The second kappa shape index (κ2) is 48.8. The Kier molecular flexibility index (Phi) is 40.1. The molecule has 60 nitrogen and oxygen atoms in total. The molecule has 11 fully saturated rings. The SMILES string of the molecule is CC(=O)N[C@H]1[C@H](O[C@H]2[C@H](O)[C@@H](NC(C)=O)C(O)O[C@@H]2CO[C@@H]2O[C@@H](C)[C@@H](O)[C@@H](O)[C@@H]2O)O[C@H](CO)[C@@H](O[C@@H]2O[C@H](CO[C@H]3O[C@H](CO)[C@@H](O)[C@H](O)[C@@H]3O[C@@H]3O[C@H](CO)[C@@H](O[C@@H]4O[C@H](CO)[C@H](O)[C@H](O)[C@H]4O)[C@H](O)[C@H]3NC(C)=O)[C@@H](O[C@@H]3O[C@H](CO)[C@@H](O)[C@H](O)[C@H]3NC(C)=O)[C@H](O[C@H]3O[C@H](CO)[C@@H](O[C@@H]4O[C@H](CO)[C@@H](O[C@@H]5O[C@H](CO)[C@H](O)[C@H](O)[C@H]5O)[C@H](O)[C@H]4NC(C)=O)[C@H](O)[C@@H]3O)[C@@H]2O)[C@@H]1O. The Morgan fingerprint density at radius 1 is 0.206 bits per heavy atom. The zero-order valence-electron chi connectivity index (χ0n) is 73.4. The zero-order chi connectivity index (χ0) is 100. The third kappa shape index (κ3) is 24.8. The average molecular weight is 1990 g/mol. The molecule has 11 saturated heterocycles. The van der Waals surface area contributed by atoms with E-state index in [9.17, 15) is 172 Å². The average Bonchev–Trinajstić information content (AvgIpc) is 0.753. The molecular formula is C76H127N5O55. The first-order valence-corrected chi connectivity index (χ1v) is 43.5. The molecule has 786 valence electrons. The van der Waals surface area contributed by atoms with Gasteiger partial charge in [0.2, 0.25) is 29.5 Å². The molecule has 0 spiro atoms. The highest BCUT2D eigenvalue weighted by molar-refractivity contribution is 5.75. The van der Waals surface area contributed by atoms with Gasteiger partial charge in [-0.25, -0.2) is 0 Å². The van der Waals surface area contributed by atoms with Gasteiger partial charge in [-0.2, -0.15) is 0 Å². The number of amides is 5. The minimum atomic E-state index is -2.77. The lowest BCUT2D eigenvalue weighted by atomic mass is 9.93. The van der Waals surface area contributed by atoms with Gasteiger partial charge in [-0.1, -0.05) is 0 Å². The van der Waals surface area contributed by atoms with Crippen molar-refractivity contribution in [1.29, 1.82) is 0 Å². The van der Waals surface area contributed by atoms with Gasteiger partial charge < -0.3 is 274 Å². The Bertz CT molecular complexity index is 3760. The molecular weight excluding hydrogens is 1860 g/mol. The monoisotopic (exact) mass is 1990 g/mol. The van der Waals surface area contributed by atoms with Crippen LogP contribution < -0.4 is 26.6 Å². The van der Waals surface area contributed by atoms with Gasteiger partial charge in [-0.15, -0.1) is 0 Å². The molecule has 11 aliphatic rings. The molecule has 0 saturated carbocycles. The normalized spacial score (nSPS) is 49.2. The first kappa shape index (κ1) is 112. The lowest BCUT2D eigenvalue weighted by molar-refractivity contribution is -0.405.